The molecule has 2 atom stereocenters. The Balaban J connectivity index is 1.79. The van der Waals surface area contributed by atoms with Crippen molar-refractivity contribution in [3.63, 3.8) is 0 Å². The van der Waals surface area contributed by atoms with Gasteiger partial charge >= 0.3 is 12.3 Å². The lowest BCUT2D eigenvalue weighted by atomic mass is 9.92. The standard InChI is InChI=1S/C29H29F4NO5S/c1-16(2)23-13-24(26(38-4)14-25(23)30)22-10-9-20(29(31,32)33)11-19(22)15-34-17(3)27(39-28(34)35)18-7-6-8-21(12-18)40(5,36)37/h6-14,16-17,27H,15H2,1-5H3/t17-,27-/m0/s1. The molecule has 1 amide bonds. The second-order valence-electron chi connectivity index (χ2n) is 10.1. The molecule has 0 radical (unpaired) electrons. The van der Waals surface area contributed by atoms with Crippen LogP contribution in [0.3, 0.4) is 0 Å². The summed E-state index contributed by atoms with van der Waals surface area (Å²) in [4.78, 5) is 14.3. The Morgan fingerprint density at radius 1 is 1.05 bits per heavy atom. The number of nitrogens with zero attached hydrogens (tertiary/aromatic N) is 1. The predicted octanol–water partition coefficient (Wildman–Crippen LogP) is 7.13. The SMILES string of the molecule is COc1cc(F)c(C(C)C)cc1-c1ccc(C(F)(F)F)cc1CN1C(=O)O[C@H](c2cccc(S(C)(=O)=O)c2)[C@@H]1C. The normalized spacial score (nSPS) is 17.9. The van der Waals surface area contributed by atoms with Gasteiger partial charge in [0.25, 0.3) is 0 Å². The highest BCUT2D eigenvalue weighted by atomic mass is 32.2. The van der Waals surface area contributed by atoms with Crippen molar-refractivity contribution < 1.29 is 40.2 Å². The first-order chi connectivity index (χ1) is 18.6. The molecule has 11 heteroatoms. The molecule has 0 saturated carbocycles. The van der Waals surface area contributed by atoms with Crippen LogP contribution in [0.2, 0.25) is 0 Å². The Bertz CT molecular complexity index is 1550. The van der Waals surface area contributed by atoms with Gasteiger partial charge in [0.05, 0.1) is 30.2 Å². The number of rotatable bonds is 7. The molecular formula is C29H29F4NO5S. The van der Waals surface area contributed by atoms with E-state index >= 15 is 0 Å². The van der Waals surface area contributed by atoms with Crippen LogP contribution in [0.5, 0.6) is 5.75 Å². The lowest BCUT2D eigenvalue weighted by Crippen LogP contribution is -2.31. The van der Waals surface area contributed by atoms with Crippen LogP contribution in [-0.2, 0) is 27.3 Å². The molecule has 0 aliphatic carbocycles. The summed E-state index contributed by atoms with van der Waals surface area (Å²) in [6.07, 6.45) is -5.20. The third kappa shape index (κ3) is 5.79. The van der Waals surface area contributed by atoms with Gasteiger partial charge in [-0.15, -0.1) is 0 Å². The van der Waals surface area contributed by atoms with Crippen LogP contribution < -0.4 is 4.74 Å². The van der Waals surface area contributed by atoms with Crippen molar-refractivity contribution in [3.05, 3.63) is 82.7 Å². The Kier molecular flexibility index (Phi) is 7.90. The van der Waals surface area contributed by atoms with E-state index in [1.54, 1.807) is 32.9 Å². The summed E-state index contributed by atoms with van der Waals surface area (Å²) in [6, 6.07) is 11.3. The zero-order valence-electron chi connectivity index (χ0n) is 22.5. The van der Waals surface area contributed by atoms with Crippen LogP contribution in [0.25, 0.3) is 11.1 Å². The Morgan fingerprint density at radius 2 is 1.75 bits per heavy atom. The summed E-state index contributed by atoms with van der Waals surface area (Å²) in [5.41, 5.74) is 0.778. The molecule has 1 aliphatic heterocycles. The van der Waals surface area contributed by atoms with Crippen LogP contribution in [0.15, 0.2) is 59.5 Å². The fourth-order valence-corrected chi connectivity index (χ4v) is 5.50. The van der Waals surface area contributed by atoms with Gasteiger partial charge < -0.3 is 9.47 Å². The van der Waals surface area contributed by atoms with E-state index in [9.17, 15) is 30.8 Å². The molecule has 0 bridgehead atoms. The number of methoxy groups -OCH3 is 1. The lowest BCUT2D eigenvalue weighted by molar-refractivity contribution is -0.137. The second kappa shape index (κ2) is 10.8. The monoisotopic (exact) mass is 579 g/mol. The van der Waals surface area contributed by atoms with E-state index in [0.717, 1.165) is 18.4 Å². The molecule has 1 aliphatic rings. The third-order valence-corrected chi connectivity index (χ3v) is 8.12. The molecule has 4 rings (SSSR count). The average Bonchev–Trinajstić information content (AvgIpc) is 3.15. The van der Waals surface area contributed by atoms with Crippen molar-refractivity contribution >= 4 is 15.9 Å². The average molecular weight is 580 g/mol. The number of alkyl halides is 3. The Morgan fingerprint density at radius 3 is 2.35 bits per heavy atom. The van der Waals surface area contributed by atoms with E-state index in [0.29, 0.717) is 22.3 Å². The third-order valence-electron chi connectivity index (χ3n) is 7.01. The van der Waals surface area contributed by atoms with Gasteiger partial charge in [-0.1, -0.05) is 32.0 Å². The van der Waals surface area contributed by atoms with E-state index < -0.39 is 45.6 Å². The maximum absolute atomic E-state index is 14.7. The number of hydrogen-bond acceptors (Lipinski definition) is 5. The van der Waals surface area contributed by atoms with E-state index in [-0.39, 0.29) is 28.7 Å². The van der Waals surface area contributed by atoms with Gasteiger partial charge in [0, 0.05) is 17.9 Å². The first kappa shape index (κ1) is 29.4. The van der Waals surface area contributed by atoms with Crippen molar-refractivity contribution in [2.45, 2.75) is 56.5 Å². The number of ether oxygens (including phenoxy) is 2. The number of halogens is 4. The summed E-state index contributed by atoms with van der Waals surface area (Å²) in [7, 11) is -2.18. The topological polar surface area (TPSA) is 72.9 Å². The van der Waals surface area contributed by atoms with Crippen LogP contribution in [0, 0.1) is 5.82 Å². The minimum atomic E-state index is -4.64. The van der Waals surface area contributed by atoms with Crippen molar-refractivity contribution in [1.29, 1.82) is 0 Å². The Labute approximate surface area is 230 Å². The number of cyclic esters (lactones) is 1. The van der Waals surface area contributed by atoms with E-state index in [1.807, 2.05) is 0 Å². The van der Waals surface area contributed by atoms with Gasteiger partial charge in [0.15, 0.2) is 9.84 Å². The van der Waals surface area contributed by atoms with Gasteiger partial charge in [-0.25, -0.2) is 17.6 Å². The molecule has 3 aromatic rings. The van der Waals surface area contributed by atoms with Gasteiger partial charge in [-0.05, 0) is 65.4 Å². The van der Waals surface area contributed by atoms with Crippen molar-refractivity contribution in [2.75, 3.05) is 13.4 Å². The van der Waals surface area contributed by atoms with E-state index in [2.05, 4.69) is 0 Å². The lowest BCUT2D eigenvalue weighted by Gasteiger charge is -2.24. The number of amides is 1. The minimum Gasteiger partial charge on any atom is -0.496 e. The molecule has 1 saturated heterocycles. The highest BCUT2D eigenvalue weighted by molar-refractivity contribution is 7.90. The molecule has 214 valence electrons. The van der Waals surface area contributed by atoms with Gasteiger partial charge in [0.1, 0.15) is 17.7 Å². The van der Waals surface area contributed by atoms with Crippen molar-refractivity contribution in [1.82, 2.24) is 4.90 Å². The van der Waals surface area contributed by atoms with Crippen molar-refractivity contribution in [3.8, 4) is 16.9 Å². The van der Waals surface area contributed by atoms with Gasteiger partial charge in [-0.2, -0.15) is 13.2 Å². The second-order valence-corrected chi connectivity index (χ2v) is 12.1. The maximum Gasteiger partial charge on any atom is 0.416 e. The molecule has 1 heterocycles. The predicted molar refractivity (Wildman–Crippen MR) is 141 cm³/mol. The quantitative estimate of drug-likeness (QED) is 0.279. The molecule has 1 fully saturated rings. The van der Waals surface area contributed by atoms with Crippen LogP contribution in [-0.4, -0.2) is 38.8 Å². The smallest absolute Gasteiger partial charge is 0.416 e. The summed E-state index contributed by atoms with van der Waals surface area (Å²) >= 11 is 0. The zero-order valence-corrected chi connectivity index (χ0v) is 23.4. The molecule has 0 spiro atoms. The highest BCUT2D eigenvalue weighted by Gasteiger charge is 2.41. The maximum atomic E-state index is 14.7. The minimum absolute atomic E-state index is 0.0521. The molecule has 40 heavy (non-hydrogen) atoms. The Hall–Kier alpha value is -3.60. The van der Waals surface area contributed by atoms with E-state index in [1.165, 1.54) is 42.3 Å². The summed E-state index contributed by atoms with van der Waals surface area (Å²) in [5, 5.41) is 0. The molecule has 0 N–H and O–H groups in total. The first-order valence-corrected chi connectivity index (χ1v) is 14.4. The number of benzene rings is 3. The van der Waals surface area contributed by atoms with Crippen LogP contribution >= 0.6 is 0 Å². The van der Waals surface area contributed by atoms with Crippen LogP contribution in [0.4, 0.5) is 22.4 Å². The molecular weight excluding hydrogens is 550 g/mol. The van der Waals surface area contributed by atoms with Crippen LogP contribution in [0.1, 0.15) is 55.0 Å². The highest BCUT2D eigenvalue weighted by Crippen LogP contribution is 2.41. The number of carbonyl (C=O) groups excluding carboxylic acids is 1. The summed E-state index contributed by atoms with van der Waals surface area (Å²) < 4.78 is 90.9. The molecule has 3 aromatic carbocycles. The fourth-order valence-electron chi connectivity index (χ4n) is 4.82. The zero-order chi connectivity index (χ0) is 29.6. The molecule has 0 unspecified atom stereocenters. The van der Waals surface area contributed by atoms with E-state index in [4.69, 9.17) is 9.47 Å². The number of hydrogen-bond donors (Lipinski definition) is 0. The van der Waals surface area contributed by atoms with Gasteiger partial charge in [0.2, 0.25) is 0 Å². The molecule has 6 nitrogen and oxygen atoms in total. The fraction of sp³-hybridized carbons (Fsp3) is 0.345. The van der Waals surface area contributed by atoms with Crippen molar-refractivity contribution in [2.24, 2.45) is 0 Å². The largest absolute Gasteiger partial charge is 0.496 e. The number of carbonyl (C=O) groups is 1. The van der Waals surface area contributed by atoms with Gasteiger partial charge in [-0.3, -0.25) is 4.90 Å². The summed E-state index contributed by atoms with van der Waals surface area (Å²) in [5.74, 6) is -0.574. The number of sulfone groups is 1. The first-order valence-electron chi connectivity index (χ1n) is 12.5. The molecule has 0 aromatic heterocycles. The summed E-state index contributed by atoms with van der Waals surface area (Å²) in [6.45, 7) is 5.01.